The average molecular weight is 329 g/mol. The predicted octanol–water partition coefficient (Wildman–Crippen LogP) is 1.28. The monoisotopic (exact) mass is 329 g/mol. The lowest BCUT2D eigenvalue weighted by Crippen LogP contribution is -2.33. The van der Waals surface area contributed by atoms with Crippen molar-refractivity contribution >= 4 is 5.82 Å². The molecule has 1 atom stereocenters. The summed E-state index contributed by atoms with van der Waals surface area (Å²) in [5, 5.41) is 0. The fourth-order valence-corrected chi connectivity index (χ4v) is 3.35. The van der Waals surface area contributed by atoms with E-state index in [1.807, 2.05) is 12.5 Å². The van der Waals surface area contributed by atoms with Crippen molar-refractivity contribution in [1.29, 1.82) is 0 Å². The van der Waals surface area contributed by atoms with E-state index in [1.54, 1.807) is 12.3 Å². The Hall–Kier alpha value is -1.99. The SMILES string of the molecule is CN(Cc1nccc(N)n1)[C@@H]1CCCN(Cc2cncn2C)CC1. The first-order chi connectivity index (χ1) is 11.6. The van der Waals surface area contributed by atoms with Crippen molar-refractivity contribution in [3.8, 4) is 0 Å². The van der Waals surface area contributed by atoms with E-state index in [1.165, 1.54) is 18.5 Å². The highest BCUT2D eigenvalue weighted by atomic mass is 15.2. The molecule has 1 saturated heterocycles. The minimum atomic E-state index is 0.539. The summed E-state index contributed by atoms with van der Waals surface area (Å²) in [5.41, 5.74) is 7.02. The molecule has 7 nitrogen and oxygen atoms in total. The molecule has 7 heteroatoms. The molecular formula is C17H27N7. The van der Waals surface area contributed by atoms with Crippen molar-refractivity contribution in [3.05, 3.63) is 36.3 Å². The second-order valence-electron chi connectivity index (χ2n) is 6.67. The van der Waals surface area contributed by atoms with E-state index in [0.717, 1.165) is 38.4 Å². The van der Waals surface area contributed by atoms with Gasteiger partial charge in [0.15, 0.2) is 0 Å². The number of hydrogen-bond acceptors (Lipinski definition) is 6. The van der Waals surface area contributed by atoms with Gasteiger partial charge in [0, 0.05) is 38.6 Å². The molecule has 0 spiro atoms. The highest BCUT2D eigenvalue weighted by molar-refractivity contribution is 5.24. The van der Waals surface area contributed by atoms with E-state index < -0.39 is 0 Å². The molecule has 2 N–H and O–H groups in total. The van der Waals surface area contributed by atoms with Crippen molar-refractivity contribution in [2.24, 2.45) is 7.05 Å². The number of imidazole rings is 1. The lowest BCUT2D eigenvalue weighted by Gasteiger charge is -2.26. The fourth-order valence-electron chi connectivity index (χ4n) is 3.35. The zero-order valence-corrected chi connectivity index (χ0v) is 14.6. The Labute approximate surface area is 143 Å². The maximum atomic E-state index is 5.75. The maximum absolute atomic E-state index is 5.75. The van der Waals surface area contributed by atoms with Crippen LogP contribution in [0.5, 0.6) is 0 Å². The summed E-state index contributed by atoms with van der Waals surface area (Å²) in [6.45, 7) is 3.98. The lowest BCUT2D eigenvalue weighted by molar-refractivity contribution is 0.201. The molecule has 24 heavy (non-hydrogen) atoms. The van der Waals surface area contributed by atoms with Crippen LogP contribution in [-0.2, 0) is 20.1 Å². The predicted molar refractivity (Wildman–Crippen MR) is 94.0 cm³/mol. The molecule has 2 aromatic heterocycles. The average Bonchev–Trinajstić information content (AvgIpc) is 2.81. The molecule has 0 unspecified atom stereocenters. The van der Waals surface area contributed by atoms with Gasteiger partial charge in [0.25, 0.3) is 0 Å². The van der Waals surface area contributed by atoms with Crippen LogP contribution in [0, 0.1) is 0 Å². The van der Waals surface area contributed by atoms with Gasteiger partial charge in [0.1, 0.15) is 11.6 Å². The smallest absolute Gasteiger partial charge is 0.144 e. The first-order valence-electron chi connectivity index (χ1n) is 8.57. The molecular weight excluding hydrogens is 302 g/mol. The van der Waals surface area contributed by atoms with Gasteiger partial charge >= 0.3 is 0 Å². The molecule has 0 amide bonds. The summed E-state index contributed by atoms with van der Waals surface area (Å²) >= 11 is 0. The number of nitrogens with zero attached hydrogens (tertiary/aromatic N) is 6. The van der Waals surface area contributed by atoms with Crippen LogP contribution in [0.4, 0.5) is 5.82 Å². The van der Waals surface area contributed by atoms with Crippen molar-refractivity contribution in [2.45, 2.75) is 38.4 Å². The van der Waals surface area contributed by atoms with Crippen LogP contribution in [0.3, 0.4) is 0 Å². The number of likely N-dealkylation sites (tertiary alicyclic amines) is 1. The standard InChI is InChI=1S/C17H27N7/c1-22(12-17-20-7-5-16(18)21-17)14-4-3-8-24(9-6-14)11-15-10-19-13-23(15)2/h5,7,10,13-14H,3-4,6,8-9,11-12H2,1-2H3,(H2,18,20,21)/t14-/m1/s1. The Morgan fingerprint density at radius 2 is 2.21 bits per heavy atom. The van der Waals surface area contributed by atoms with Crippen LogP contribution in [0.1, 0.15) is 30.8 Å². The topological polar surface area (TPSA) is 76.1 Å². The van der Waals surface area contributed by atoms with Gasteiger partial charge in [0.05, 0.1) is 18.6 Å². The molecule has 3 heterocycles. The van der Waals surface area contributed by atoms with E-state index in [9.17, 15) is 0 Å². The molecule has 1 aliphatic rings. The molecule has 1 aliphatic heterocycles. The van der Waals surface area contributed by atoms with Gasteiger partial charge < -0.3 is 10.3 Å². The summed E-state index contributed by atoms with van der Waals surface area (Å²) in [6.07, 6.45) is 9.15. The van der Waals surface area contributed by atoms with Gasteiger partial charge in [-0.2, -0.15) is 0 Å². The molecule has 1 fully saturated rings. The normalized spacial score (nSPS) is 19.5. The van der Waals surface area contributed by atoms with Crippen molar-refractivity contribution in [2.75, 3.05) is 25.9 Å². The van der Waals surface area contributed by atoms with Crippen LogP contribution in [0.2, 0.25) is 0 Å². The van der Waals surface area contributed by atoms with Crippen molar-refractivity contribution in [1.82, 2.24) is 29.3 Å². The van der Waals surface area contributed by atoms with Crippen molar-refractivity contribution < 1.29 is 0 Å². The molecule has 0 aliphatic carbocycles. The maximum Gasteiger partial charge on any atom is 0.144 e. The zero-order chi connectivity index (χ0) is 16.9. The Morgan fingerprint density at radius 3 is 2.96 bits per heavy atom. The minimum Gasteiger partial charge on any atom is -0.384 e. The Morgan fingerprint density at radius 1 is 1.33 bits per heavy atom. The number of hydrogen-bond donors (Lipinski definition) is 1. The van der Waals surface area contributed by atoms with Gasteiger partial charge in [-0.25, -0.2) is 15.0 Å². The number of aryl methyl sites for hydroxylation is 1. The molecule has 0 aromatic carbocycles. The van der Waals surface area contributed by atoms with E-state index in [4.69, 9.17) is 5.73 Å². The molecule has 3 rings (SSSR count). The molecule has 0 bridgehead atoms. The first kappa shape index (κ1) is 16.9. The van der Waals surface area contributed by atoms with Gasteiger partial charge in [-0.3, -0.25) is 9.80 Å². The van der Waals surface area contributed by atoms with E-state index in [0.29, 0.717) is 11.9 Å². The molecule has 2 aromatic rings. The van der Waals surface area contributed by atoms with Crippen LogP contribution in [0.15, 0.2) is 24.8 Å². The minimum absolute atomic E-state index is 0.539. The Kier molecular flexibility index (Phi) is 5.42. The van der Waals surface area contributed by atoms with Crippen LogP contribution in [-0.4, -0.2) is 55.5 Å². The number of anilines is 1. The van der Waals surface area contributed by atoms with Gasteiger partial charge in [-0.05, 0) is 38.9 Å². The van der Waals surface area contributed by atoms with E-state index in [-0.39, 0.29) is 0 Å². The fraction of sp³-hybridized carbons (Fsp3) is 0.588. The van der Waals surface area contributed by atoms with Crippen LogP contribution < -0.4 is 5.73 Å². The Bertz CT molecular complexity index is 654. The number of nitrogen functional groups attached to an aromatic ring is 1. The van der Waals surface area contributed by atoms with Gasteiger partial charge in [0.2, 0.25) is 0 Å². The third-order valence-corrected chi connectivity index (χ3v) is 4.83. The largest absolute Gasteiger partial charge is 0.384 e. The molecule has 0 radical (unpaired) electrons. The number of aromatic nitrogens is 4. The molecule has 130 valence electrons. The molecule has 0 saturated carbocycles. The van der Waals surface area contributed by atoms with Crippen molar-refractivity contribution in [3.63, 3.8) is 0 Å². The second kappa shape index (κ2) is 7.72. The third-order valence-electron chi connectivity index (χ3n) is 4.83. The highest BCUT2D eigenvalue weighted by Gasteiger charge is 2.21. The summed E-state index contributed by atoms with van der Waals surface area (Å²) in [7, 11) is 4.22. The summed E-state index contributed by atoms with van der Waals surface area (Å²) in [4.78, 5) is 17.7. The van der Waals surface area contributed by atoms with Crippen LogP contribution in [0.25, 0.3) is 0 Å². The quantitative estimate of drug-likeness (QED) is 0.890. The summed E-state index contributed by atoms with van der Waals surface area (Å²) in [6, 6.07) is 2.29. The number of nitrogens with two attached hydrogens (primary N) is 1. The number of rotatable bonds is 5. The lowest BCUT2D eigenvalue weighted by atomic mass is 10.1. The first-order valence-corrected chi connectivity index (χ1v) is 8.57. The van der Waals surface area contributed by atoms with E-state index in [2.05, 4.69) is 43.4 Å². The third kappa shape index (κ3) is 4.30. The Balaban J connectivity index is 1.54. The van der Waals surface area contributed by atoms with E-state index >= 15 is 0 Å². The highest BCUT2D eigenvalue weighted by Crippen LogP contribution is 2.18. The zero-order valence-electron chi connectivity index (χ0n) is 14.6. The van der Waals surface area contributed by atoms with Crippen LogP contribution >= 0.6 is 0 Å². The summed E-state index contributed by atoms with van der Waals surface area (Å²) in [5.74, 6) is 1.34. The second-order valence-corrected chi connectivity index (χ2v) is 6.67. The summed E-state index contributed by atoms with van der Waals surface area (Å²) < 4.78 is 2.10. The van der Waals surface area contributed by atoms with Gasteiger partial charge in [-0.15, -0.1) is 0 Å². The van der Waals surface area contributed by atoms with Gasteiger partial charge in [-0.1, -0.05) is 0 Å².